The molecule has 2 nitrogen and oxygen atoms in total. The highest BCUT2D eigenvalue weighted by molar-refractivity contribution is 7.96. The number of rotatable bonds is 4. The van der Waals surface area contributed by atoms with Crippen LogP contribution < -0.4 is 0 Å². The molecule has 0 radical (unpaired) electrons. The molecule has 0 spiro atoms. The van der Waals surface area contributed by atoms with Crippen molar-refractivity contribution in [2.75, 3.05) is 6.61 Å². The van der Waals surface area contributed by atoms with Crippen LogP contribution in [0.15, 0.2) is 41.8 Å². The van der Waals surface area contributed by atoms with Gasteiger partial charge in [-0.05, 0) is 24.9 Å². The highest BCUT2D eigenvalue weighted by atomic mass is 32.2. The maximum Gasteiger partial charge on any atom is 0.106 e. The van der Waals surface area contributed by atoms with Crippen molar-refractivity contribution in [3.8, 4) is 0 Å². The fraction of sp³-hybridized carbons (Fsp3) is 0.182. The standard InChI is InChI=1S/C11H14O2S/c1-4-9-13-14(3,12)11-7-5-10(2)6-8-11/h4-8H,1,3,9H2,2H3. The molecule has 0 aliphatic carbocycles. The maximum atomic E-state index is 11.9. The zero-order chi connectivity index (χ0) is 10.6. The number of benzene rings is 1. The summed E-state index contributed by atoms with van der Waals surface area (Å²) in [5.41, 5.74) is 1.12. The molecule has 1 aromatic carbocycles. The van der Waals surface area contributed by atoms with Gasteiger partial charge in [-0.2, -0.15) is 0 Å². The van der Waals surface area contributed by atoms with Gasteiger partial charge in [0, 0.05) is 0 Å². The molecule has 1 unspecified atom stereocenters. The lowest BCUT2D eigenvalue weighted by molar-refractivity contribution is 0.392. The minimum absolute atomic E-state index is 0.246. The van der Waals surface area contributed by atoms with Gasteiger partial charge in [0.1, 0.15) is 9.80 Å². The van der Waals surface area contributed by atoms with Crippen LogP contribution in [-0.4, -0.2) is 16.7 Å². The summed E-state index contributed by atoms with van der Waals surface area (Å²) in [6.07, 6.45) is 1.55. The SMILES string of the molecule is C=CCOS(=C)(=O)c1ccc(C)cc1. The summed E-state index contributed by atoms with van der Waals surface area (Å²) in [5, 5.41) is 0. The largest absolute Gasteiger partial charge is 0.291 e. The summed E-state index contributed by atoms with van der Waals surface area (Å²) in [4.78, 5) is 0.616. The Labute approximate surface area is 85.4 Å². The van der Waals surface area contributed by atoms with Crippen molar-refractivity contribution >= 4 is 15.7 Å². The van der Waals surface area contributed by atoms with E-state index in [9.17, 15) is 4.21 Å². The molecule has 14 heavy (non-hydrogen) atoms. The van der Waals surface area contributed by atoms with Crippen molar-refractivity contribution in [3.05, 3.63) is 42.5 Å². The molecule has 1 rings (SSSR count). The van der Waals surface area contributed by atoms with Crippen LogP contribution in [0.4, 0.5) is 0 Å². The zero-order valence-corrected chi connectivity index (χ0v) is 9.05. The third-order valence-corrected chi connectivity index (χ3v) is 3.26. The Kier molecular flexibility index (Phi) is 3.49. The summed E-state index contributed by atoms with van der Waals surface area (Å²) in [6.45, 7) is 5.71. The van der Waals surface area contributed by atoms with Gasteiger partial charge in [0.15, 0.2) is 0 Å². The summed E-state index contributed by atoms with van der Waals surface area (Å²) >= 11 is 0. The molecule has 1 aromatic rings. The first-order valence-corrected chi connectivity index (χ1v) is 5.90. The molecule has 0 saturated carbocycles. The summed E-state index contributed by atoms with van der Waals surface area (Å²) in [6, 6.07) is 7.32. The molecule has 0 N–H and O–H groups in total. The van der Waals surface area contributed by atoms with E-state index < -0.39 is 9.80 Å². The van der Waals surface area contributed by atoms with E-state index in [0.29, 0.717) is 4.90 Å². The van der Waals surface area contributed by atoms with Crippen LogP contribution in [0.1, 0.15) is 5.56 Å². The van der Waals surface area contributed by atoms with Gasteiger partial charge in [-0.25, -0.2) is 4.21 Å². The van der Waals surface area contributed by atoms with Crippen LogP contribution in [0.2, 0.25) is 0 Å². The second-order valence-corrected chi connectivity index (χ2v) is 4.94. The summed E-state index contributed by atoms with van der Waals surface area (Å²) in [5.74, 6) is 3.57. The molecular weight excluding hydrogens is 196 g/mol. The van der Waals surface area contributed by atoms with Gasteiger partial charge in [-0.15, -0.1) is 6.58 Å². The van der Waals surface area contributed by atoms with Gasteiger partial charge < -0.3 is 0 Å². The molecule has 0 fully saturated rings. The average Bonchev–Trinajstić information content (AvgIpc) is 2.16. The second kappa shape index (κ2) is 4.44. The lowest BCUT2D eigenvalue weighted by Crippen LogP contribution is -2.05. The molecule has 0 saturated heterocycles. The molecule has 0 aliphatic rings. The zero-order valence-electron chi connectivity index (χ0n) is 8.23. The Morgan fingerprint density at radius 1 is 1.43 bits per heavy atom. The quantitative estimate of drug-likeness (QED) is 0.562. The monoisotopic (exact) mass is 210 g/mol. The number of hydrogen-bond acceptors (Lipinski definition) is 2. The Morgan fingerprint density at radius 3 is 2.50 bits per heavy atom. The smallest absolute Gasteiger partial charge is 0.106 e. The Bertz CT molecular complexity index is 401. The molecule has 3 heteroatoms. The van der Waals surface area contributed by atoms with Crippen LogP contribution in [0, 0.1) is 6.92 Å². The Hall–Kier alpha value is -1.06. The molecule has 76 valence electrons. The van der Waals surface area contributed by atoms with Crippen LogP contribution in [-0.2, 0) is 14.0 Å². The number of aryl methyl sites for hydroxylation is 1. The predicted octanol–water partition coefficient (Wildman–Crippen LogP) is 2.19. The first-order valence-electron chi connectivity index (χ1n) is 4.25. The molecule has 0 aliphatic heterocycles. The number of hydrogen-bond donors (Lipinski definition) is 0. The van der Waals surface area contributed by atoms with Gasteiger partial charge in [-0.3, -0.25) is 4.18 Å². The molecule has 0 amide bonds. The maximum absolute atomic E-state index is 11.9. The van der Waals surface area contributed by atoms with Crippen molar-refractivity contribution < 1.29 is 8.39 Å². The minimum atomic E-state index is -2.61. The average molecular weight is 210 g/mol. The van der Waals surface area contributed by atoms with E-state index in [1.807, 2.05) is 19.1 Å². The fourth-order valence-electron chi connectivity index (χ4n) is 0.972. The minimum Gasteiger partial charge on any atom is -0.291 e. The highest BCUT2D eigenvalue weighted by Gasteiger charge is 2.06. The van der Waals surface area contributed by atoms with E-state index in [1.54, 1.807) is 18.2 Å². The Morgan fingerprint density at radius 2 is 2.00 bits per heavy atom. The van der Waals surface area contributed by atoms with Gasteiger partial charge in [-0.1, -0.05) is 23.8 Å². The second-order valence-electron chi connectivity index (χ2n) is 3.00. The van der Waals surface area contributed by atoms with Gasteiger partial charge in [0.05, 0.1) is 11.5 Å². The highest BCUT2D eigenvalue weighted by Crippen LogP contribution is 2.12. The molecular formula is C11H14O2S. The lowest BCUT2D eigenvalue weighted by atomic mass is 10.2. The van der Waals surface area contributed by atoms with Crippen LogP contribution >= 0.6 is 0 Å². The van der Waals surface area contributed by atoms with Gasteiger partial charge in [0.2, 0.25) is 0 Å². The fourth-order valence-corrected chi connectivity index (χ4v) is 1.97. The first kappa shape index (κ1) is 11.0. The normalized spacial score (nSPS) is 14.6. The van der Waals surface area contributed by atoms with Gasteiger partial charge >= 0.3 is 0 Å². The lowest BCUT2D eigenvalue weighted by Gasteiger charge is -2.08. The summed E-state index contributed by atoms with van der Waals surface area (Å²) in [7, 11) is -2.61. The van der Waals surface area contributed by atoms with Crippen LogP contribution in [0.25, 0.3) is 0 Å². The van der Waals surface area contributed by atoms with Crippen molar-refractivity contribution in [2.24, 2.45) is 0 Å². The van der Waals surface area contributed by atoms with E-state index in [1.165, 1.54) is 0 Å². The van der Waals surface area contributed by atoms with E-state index in [-0.39, 0.29) is 6.61 Å². The predicted molar refractivity (Wildman–Crippen MR) is 60.9 cm³/mol. The third-order valence-electron chi connectivity index (χ3n) is 1.76. The topological polar surface area (TPSA) is 26.3 Å². The van der Waals surface area contributed by atoms with E-state index in [0.717, 1.165) is 5.56 Å². The van der Waals surface area contributed by atoms with Crippen molar-refractivity contribution in [2.45, 2.75) is 11.8 Å². The molecule has 0 aromatic heterocycles. The molecule has 0 heterocycles. The van der Waals surface area contributed by atoms with E-state index in [2.05, 4.69) is 12.4 Å². The van der Waals surface area contributed by atoms with Crippen molar-refractivity contribution in [3.63, 3.8) is 0 Å². The van der Waals surface area contributed by atoms with Crippen LogP contribution in [0.3, 0.4) is 0 Å². The Balaban J connectivity index is 2.93. The van der Waals surface area contributed by atoms with E-state index >= 15 is 0 Å². The summed E-state index contributed by atoms with van der Waals surface area (Å²) < 4.78 is 17.0. The van der Waals surface area contributed by atoms with Crippen molar-refractivity contribution in [1.82, 2.24) is 0 Å². The van der Waals surface area contributed by atoms with Crippen LogP contribution in [0.5, 0.6) is 0 Å². The molecule has 1 atom stereocenters. The van der Waals surface area contributed by atoms with Gasteiger partial charge in [0.25, 0.3) is 0 Å². The molecule has 0 bridgehead atoms. The first-order chi connectivity index (χ1) is 6.56. The third kappa shape index (κ3) is 2.72. The van der Waals surface area contributed by atoms with E-state index in [4.69, 9.17) is 4.18 Å². The van der Waals surface area contributed by atoms with Crippen molar-refractivity contribution in [1.29, 1.82) is 0 Å².